The van der Waals surface area contributed by atoms with Crippen LogP contribution in [-0.4, -0.2) is 11.7 Å². The molecular weight excluding hydrogens is 360 g/mol. The predicted molar refractivity (Wildman–Crippen MR) is 117 cm³/mol. The summed E-state index contributed by atoms with van der Waals surface area (Å²) >= 11 is 0. The smallest absolute Gasteiger partial charge is 0.227 e. The minimum Gasteiger partial charge on any atom is -0.357 e. The third-order valence-electron chi connectivity index (χ3n) is 5.84. The Hall–Kier alpha value is -2.88. The average molecular weight is 389 g/mol. The van der Waals surface area contributed by atoms with Gasteiger partial charge in [-0.25, -0.2) is 0 Å². The molecule has 1 aliphatic carbocycles. The molecule has 2 aliphatic rings. The maximum Gasteiger partial charge on any atom is 0.227 e. The first kappa shape index (κ1) is 19.4. The third-order valence-corrected chi connectivity index (χ3v) is 5.84. The fourth-order valence-corrected chi connectivity index (χ4v) is 4.32. The normalized spacial score (nSPS) is 18.6. The zero-order valence-electron chi connectivity index (χ0n) is 17.2. The highest BCUT2D eigenvalue weighted by molar-refractivity contribution is 6.06. The number of amides is 1. The van der Waals surface area contributed by atoms with E-state index < -0.39 is 0 Å². The fourth-order valence-electron chi connectivity index (χ4n) is 4.32. The first-order valence-electron chi connectivity index (χ1n) is 10.6. The molecule has 1 amide bonds. The molecule has 1 heterocycles. The lowest BCUT2D eigenvalue weighted by molar-refractivity contribution is -0.119. The maximum absolute atomic E-state index is 13.5. The number of nitrogens with one attached hydrogen (secondary N) is 1. The number of hydrogen-bond donors (Lipinski definition) is 1. The number of allylic oxidation sites excluding steroid dienone is 1. The molecule has 150 valence electrons. The van der Waals surface area contributed by atoms with Gasteiger partial charge >= 0.3 is 0 Å². The van der Waals surface area contributed by atoms with E-state index in [-0.39, 0.29) is 17.7 Å². The molecule has 0 saturated heterocycles. The molecular formula is C25H28N2O2. The Morgan fingerprint density at radius 1 is 1.10 bits per heavy atom. The lowest BCUT2D eigenvalue weighted by atomic mass is 9.85. The summed E-state index contributed by atoms with van der Waals surface area (Å²) in [4.78, 5) is 28.5. The van der Waals surface area contributed by atoms with Crippen LogP contribution in [-0.2, 0) is 9.59 Å². The molecule has 0 spiro atoms. The van der Waals surface area contributed by atoms with Crippen LogP contribution in [0.2, 0.25) is 0 Å². The summed E-state index contributed by atoms with van der Waals surface area (Å²) in [7, 11) is 0. The molecule has 29 heavy (non-hydrogen) atoms. The van der Waals surface area contributed by atoms with Gasteiger partial charge in [-0.3, -0.25) is 14.5 Å². The SMILES string of the molecule is CCCCC(=O)N1c2ccccc2NC2=C(C(=O)CCC2)C1c1ccc(C)cc1. The van der Waals surface area contributed by atoms with Crippen LogP contribution >= 0.6 is 0 Å². The number of ketones is 1. The van der Waals surface area contributed by atoms with Crippen molar-refractivity contribution in [3.05, 3.63) is 70.9 Å². The number of benzene rings is 2. The lowest BCUT2D eigenvalue weighted by Gasteiger charge is -2.34. The Bertz CT molecular complexity index is 959. The summed E-state index contributed by atoms with van der Waals surface area (Å²) in [6, 6.07) is 15.7. The standard InChI is InChI=1S/C25H28N2O2/c1-3-4-12-23(29)27-21-10-6-5-8-19(21)26-20-9-7-11-22(28)24(20)25(27)18-15-13-17(2)14-16-18/h5-6,8,10,13-16,25-26H,3-4,7,9,11-12H2,1-2H3. The summed E-state index contributed by atoms with van der Waals surface area (Å²) in [6.07, 6.45) is 4.49. The van der Waals surface area contributed by atoms with E-state index >= 15 is 0 Å². The number of carbonyl (C=O) groups is 2. The molecule has 0 radical (unpaired) electrons. The monoisotopic (exact) mass is 388 g/mol. The summed E-state index contributed by atoms with van der Waals surface area (Å²) in [5, 5.41) is 3.51. The van der Waals surface area contributed by atoms with Gasteiger partial charge in [0.1, 0.15) is 0 Å². The molecule has 4 heteroatoms. The van der Waals surface area contributed by atoms with E-state index in [1.807, 2.05) is 36.1 Å². The van der Waals surface area contributed by atoms with Gasteiger partial charge in [-0.05, 0) is 43.9 Å². The highest BCUT2D eigenvalue weighted by atomic mass is 16.2. The predicted octanol–water partition coefficient (Wildman–Crippen LogP) is 5.69. The Kier molecular flexibility index (Phi) is 5.52. The van der Waals surface area contributed by atoms with Crippen molar-refractivity contribution in [3.63, 3.8) is 0 Å². The van der Waals surface area contributed by atoms with Crippen molar-refractivity contribution >= 4 is 23.1 Å². The maximum atomic E-state index is 13.5. The van der Waals surface area contributed by atoms with Crippen LogP contribution < -0.4 is 10.2 Å². The van der Waals surface area contributed by atoms with Gasteiger partial charge in [-0.1, -0.05) is 55.3 Å². The zero-order valence-corrected chi connectivity index (χ0v) is 17.2. The second-order valence-electron chi connectivity index (χ2n) is 7.99. The number of carbonyl (C=O) groups excluding carboxylic acids is 2. The summed E-state index contributed by atoms with van der Waals surface area (Å²) in [5.41, 5.74) is 5.61. The van der Waals surface area contributed by atoms with Crippen molar-refractivity contribution in [1.82, 2.24) is 0 Å². The number of nitrogens with zero attached hydrogens (tertiary/aromatic N) is 1. The van der Waals surface area contributed by atoms with E-state index in [4.69, 9.17) is 0 Å². The topological polar surface area (TPSA) is 49.4 Å². The number of unbranched alkanes of at least 4 members (excludes halogenated alkanes) is 1. The minimum atomic E-state index is -0.390. The summed E-state index contributed by atoms with van der Waals surface area (Å²) in [6.45, 7) is 4.14. The van der Waals surface area contributed by atoms with Crippen LogP contribution in [0.3, 0.4) is 0 Å². The number of aryl methyl sites for hydroxylation is 1. The van der Waals surface area contributed by atoms with Crippen molar-refractivity contribution in [2.45, 2.75) is 58.4 Å². The van der Waals surface area contributed by atoms with Crippen molar-refractivity contribution in [1.29, 1.82) is 0 Å². The van der Waals surface area contributed by atoms with Crippen LogP contribution in [0, 0.1) is 6.92 Å². The Morgan fingerprint density at radius 3 is 2.62 bits per heavy atom. The number of anilines is 2. The van der Waals surface area contributed by atoms with Crippen molar-refractivity contribution in [2.24, 2.45) is 0 Å². The van der Waals surface area contributed by atoms with Crippen LogP contribution in [0.4, 0.5) is 11.4 Å². The van der Waals surface area contributed by atoms with Gasteiger partial charge in [-0.2, -0.15) is 0 Å². The number of para-hydroxylation sites is 2. The van der Waals surface area contributed by atoms with Gasteiger partial charge in [0.2, 0.25) is 5.91 Å². The molecule has 1 atom stereocenters. The van der Waals surface area contributed by atoms with E-state index in [0.29, 0.717) is 12.8 Å². The molecule has 0 saturated carbocycles. The number of fused-ring (bicyclic) bond motifs is 1. The Balaban J connectivity index is 1.94. The molecule has 4 rings (SSSR count). The lowest BCUT2D eigenvalue weighted by Crippen LogP contribution is -2.37. The molecule has 1 aliphatic heterocycles. The molecule has 0 aromatic heterocycles. The van der Waals surface area contributed by atoms with Crippen LogP contribution in [0.5, 0.6) is 0 Å². The average Bonchev–Trinajstić information content (AvgIpc) is 2.87. The largest absolute Gasteiger partial charge is 0.357 e. The van der Waals surface area contributed by atoms with Crippen molar-refractivity contribution in [3.8, 4) is 0 Å². The van der Waals surface area contributed by atoms with Gasteiger partial charge in [-0.15, -0.1) is 0 Å². The summed E-state index contributed by atoms with van der Waals surface area (Å²) in [5.74, 6) is 0.212. The number of hydrogen-bond acceptors (Lipinski definition) is 3. The second kappa shape index (κ2) is 8.24. The molecule has 2 aromatic carbocycles. The highest BCUT2D eigenvalue weighted by Crippen LogP contribution is 2.45. The highest BCUT2D eigenvalue weighted by Gasteiger charge is 2.39. The number of rotatable bonds is 4. The van der Waals surface area contributed by atoms with E-state index in [2.05, 4.69) is 36.5 Å². The number of Topliss-reactive ketones (excluding diaryl/α,β-unsaturated/α-hetero) is 1. The van der Waals surface area contributed by atoms with Crippen LogP contribution in [0.25, 0.3) is 0 Å². The van der Waals surface area contributed by atoms with Crippen molar-refractivity contribution in [2.75, 3.05) is 10.2 Å². The minimum absolute atomic E-state index is 0.0683. The first-order valence-corrected chi connectivity index (χ1v) is 10.6. The van der Waals surface area contributed by atoms with Gasteiger partial charge < -0.3 is 5.32 Å². The zero-order chi connectivity index (χ0) is 20.4. The first-order chi connectivity index (χ1) is 14.1. The van der Waals surface area contributed by atoms with E-state index in [1.165, 1.54) is 0 Å². The third kappa shape index (κ3) is 3.71. The molecule has 1 unspecified atom stereocenters. The van der Waals surface area contributed by atoms with Crippen LogP contribution in [0.15, 0.2) is 59.8 Å². The molecule has 0 fully saturated rings. The van der Waals surface area contributed by atoms with Crippen molar-refractivity contribution < 1.29 is 9.59 Å². The Morgan fingerprint density at radius 2 is 1.86 bits per heavy atom. The van der Waals surface area contributed by atoms with Gasteiger partial charge in [0.05, 0.1) is 17.4 Å². The second-order valence-corrected chi connectivity index (χ2v) is 7.99. The Labute approximate surface area is 172 Å². The molecule has 2 aromatic rings. The quantitative estimate of drug-likeness (QED) is 0.732. The van der Waals surface area contributed by atoms with E-state index in [0.717, 1.165) is 59.5 Å². The van der Waals surface area contributed by atoms with Gasteiger partial charge in [0, 0.05) is 24.1 Å². The van der Waals surface area contributed by atoms with E-state index in [1.54, 1.807) is 0 Å². The molecule has 1 N–H and O–H groups in total. The molecule has 4 nitrogen and oxygen atoms in total. The van der Waals surface area contributed by atoms with Gasteiger partial charge in [0.15, 0.2) is 5.78 Å². The van der Waals surface area contributed by atoms with E-state index in [9.17, 15) is 9.59 Å². The summed E-state index contributed by atoms with van der Waals surface area (Å²) < 4.78 is 0. The molecule has 0 bridgehead atoms. The fraction of sp³-hybridized carbons (Fsp3) is 0.360. The van der Waals surface area contributed by atoms with Crippen LogP contribution in [0.1, 0.15) is 62.6 Å². The van der Waals surface area contributed by atoms with Gasteiger partial charge in [0.25, 0.3) is 0 Å².